The van der Waals surface area contributed by atoms with Crippen LogP contribution in [0.1, 0.15) is 186 Å². The summed E-state index contributed by atoms with van der Waals surface area (Å²) < 4.78 is 0. The summed E-state index contributed by atoms with van der Waals surface area (Å²) >= 11 is -3.06. The fourth-order valence-electron chi connectivity index (χ4n) is 5.21. The van der Waals surface area contributed by atoms with Crippen LogP contribution in [0.4, 0.5) is 0 Å². The Morgan fingerprint density at radius 3 is 0.560 bits per heavy atom. The van der Waals surface area contributed by atoms with Gasteiger partial charge in [-0.1, -0.05) is 160 Å². The first-order valence-corrected chi connectivity index (χ1v) is 31.2. The molecular formula is C40H92Cl4N4Pt2. The Morgan fingerprint density at radius 2 is 0.460 bits per heavy atom. The van der Waals surface area contributed by atoms with E-state index in [0.29, 0.717) is 0 Å². The van der Waals surface area contributed by atoms with Crippen LogP contribution < -0.4 is 22.9 Å². The molecule has 0 unspecified atom stereocenters. The zero-order chi connectivity index (χ0) is 39.3. The van der Waals surface area contributed by atoms with Gasteiger partial charge < -0.3 is 22.9 Å². The summed E-state index contributed by atoms with van der Waals surface area (Å²) in [6.45, 7) is 30.9. The van der Waals surface area contributed by atoms with Crippen LogP contribution in [0.3, 0.4) is 0 Å². The molecule has 0 aromatic rings. The number of nitrogens with two attached hydrogens (primary N) is 4. The van der Waals surface area contributed by atoms with E-state index >= 15 is 0 Å². The van der Waals surface area contributed by atoms with Crippen LogP contribution in [0.5, 0.6) is 0 Å². The third kappa shape index (κ3) is 83.4. The van der Waals surface area contributed by atoms with Crippen molar-refractivity contribution in [2.24, 2.45) is 70.3 Å². The van der Waals surface area contributed by atoms with Gasteiger partial charge in [-0.15, -0.1) is 0 Å². The minimum atomic E-state index is -3.06. The molecule has 320 valence electrons. The molecule has 4 atom stereocenters. The number of rotatable bonds is 24. The minimum absolute atomic E-state index is 0. The van der Waals surface area contributed by atoms with Gasteiger partial charge in [-0.2, -0.15) is 0 Å². The number of halogens is 4. The molecule has 0 radical (unpaired) electrons. The Morgan fingerprint density at radius 1 is 0.320 bits per heavy atom. The molecule has 0 aliphatic rings. The molecule has 0 spiro atoms. The maximum Gasteiger partial charge on any atom is 2.00 e. The van der Waals surface area contributed by atoms with Gasteiger partial charge in [0.25, 0.3) is 0 Å². The Labute approximate surface area is 350 Å². The standard InChI is InChI=1S/4C10H23N.4ClH.2Pt/c4*1-9(2)5-4-6-10(3)7-8-11;;;;;;/h4*9-10H,4-8,11H2,1-3H3;4*1H;;/q;;;;;;;;2*+2/p-4/t4*10-;;;;;;/m0000....../s1. The summed E-state index contributed by atoms with van der Waals surface area (Å²) in [6.07, 6.45) is 21.2. The van der Waals surface area contributed by atoms with Crippen molar-refractivity contribution in [1.29, 1.82) is 0 Å². The van der Waals surface area contributed by atoms with Gasteiger partial charge in [0.05, 0.1) is 0 Å². The molecular weight excluding hydrogens is 1070 g/mol. The fraction of sp³-hybridized carbons (Fsp3) is 1.00. The van der Waals surface area contributed by atoms with Crippen LogP contribution in [0, 0.1) is 47.3 Å². The number of hydrogen-bond acceptors (Lipinski definition) is 4. The second-order valence-electron chi connectivity index (χ2n) is 16.3. The number of hydrogen-bond donors (Lipinski definition) is 4. The Balaban J connectivity index is -0.000000123. The summed E-state index contributed by atoms with van der Waals surface area (Å²) in [5.41, 5.74) is 21.8. The van der Waals surface area contributed by atoms with Crippen LogP contribution in [0.2, 0.25) is 0 Å². The van der Waals surface area contributed by atoms with Crippen molar-refractivity contribution in [3.05, 3.63) is 0 Å². The van der Waals surface area contributed by atoms with E-state index in [0.717, 1.165) is 73.5 Å². The third-order valence-electron chi connectivity index (χ3n) is 8.55. The van der Waals surface area contributed by atoms with Gasteiger partial charge in [0.1, 0.15) is 0 Å². The van der Waals surface area contributed by atoms with Crippen LogP contribution in [-0.2, 0) is 33.0 Å². The molecule has 0 heterocycles. The van der Waals surface area contributed by atoms with E-state index in [1.54, 1.807) is 0 Å². The van der Waals surface area contributed by atoms with Crippen LogP contribution in [0.15, 0.2) is 0 Å². The molecule has 50 heavy (non-hydrogen) atoms. The smallest absolute Gasteiger partial charge is 2.00 e. The molecule has 0 aliphatic heterocycles. The van der Waals surface area contributed by atoms with E-state index in [1.807, 2.05) is 0 Å². The van der Waals surface area contributed by atoms with Gasteiger partial charge in [0, 0.05) is 0 Å². The average Bonchev–Trinajstić information content (AvgIpc) is 2.93. The van der Waals surface area contributed by atoms with Crippen LogP contribution in [0.25, 0.3) is 0 Å². The fourth-order valence-corrected chi connectivity index (χ4v) is 5.21. The Bertz CT molecular complexity index is 504. The SMILES string of the molecule is CC(C)CCC[C@H](C)CCN.CC(C)CCC[C@H](C)CCN.CC(C)CCC[C@H](C)CCN.CC(C)CCC[C@H](C)CCN.[Cl][Pt-2]([Cl])([Cl])[Cl].[Pt+2]. The Kier molecular flexibility index (Phi) is 61.1. The van der Waals surface area contributed by atoms with E-state index in [9.17, 15) is 0 Å². The predicted octanol–water partition coefficient (Wildman–Crippen LogP) is 13.9. The summed E-state index contributed by atoms with van der Waals surface area (Å²) in [5.74, 6) is 6.77. The normalized spacial score (nSPS) is 13.8. The van der Waals surface area contributed by atoms with Crippen molar-refractivity contribution in [3.63, 3.8) is 0 Å². The Hall–Kier alpha value is 2.38. The summed E-state index contributed by atoms with van der Waals surface area (Å²) in [7, 11) is 20.0. The average molecular weight is 1160 g/mol. The van der Waals surface area contributed by atoms with Gasteiger partial charge >= 0.3 is 70.6 Å². The third-order valence-corrected chi connectivity index (χ3v) is 8.55. The maximum absolute atomic E-state index is 5.46. The zero-order valence-corrected chi connectivity index (χ0v) is 42.8. The van der Waals surface area contributed by atoms with Crippen LogP contribution in [-0.4, -0.2) is 26.2 Å². The molecule has 0 saturated heterocycles. The maximum atomic E-state index is 5.46. The molecule has 0 aliphatic carbocycles. The minimum Gasteiger partial charge on any atom is 2.00 e. The first-order chi connectivity index (χ1) is 22.7. The molecule has 0 rings (SSSR count). The molecule has 0 amide bonds. The molecule has 0 aromatic carbocycles. The zero-order valence-electron chi connectivity index (χ0n) is 35.2. The molecule has 4 nitrogen and oxygen atoms in total. The van der Waals surface area contributed by atoms with Gasteiger partial charge in [-0.3, -0.25) is 0 Å². The van der Waals surface area contributed by atoms with E-state index in [1.165, 1.54) is 103 Å². The van der Waals surface area contributed by atoms with Crippen LogP contribution >= 0.6 is 37.7 Å². The van der Waals surface area contributed by atoms with Crippen molar-refractivity contribution in [3.8, 4) is 0 Å². The first-order valence-electron chi connectivity index (χ1n) is 19.9. The topological polar surface area (TPSA) is 104 Å². The summed E-state index contributed by atoms with van der Waals surface area (Å²) in [4.78, 5) is 0. The van der Waals surface area contributed by atoms with Crippen molar-refractivity contribution >= 4 is 37.7 Å². The monoisotopic (exact) mass is 1160 g/mol. The van der Waals surface area contributed by atoms with E-state index < -0.39 is 11.9 Å². The van der Waals surface area contributed by atoms with E-state index in [2.05, 4.69) is 83.1 Å². The first kappa shape index (κ1) is 64.3. The van der Waals surface area contributed by atoms with Gasteiger partial charge in [-0.05, 0) is 99.2 Å². The van der Waals surface area contributed by atoms with Gasteiger partial charge in [0.15, 0.2) is 0 Å². The van der Waals surface area contributed by atoms with Crippen molar-refractivity contribution in [2.75, 3.05) is 26.2 Å². The van der Waals surface area contributed by atoms with Crippen molar-refractivity contribution < 1.29 is 33.0 Å². The van der Waals surface area contributed by atoms with Gasteiger partial charge in [-0.25, -0.2) is 0 Å². The summed E-state index contributed by atoms with van der Waals surface area (Å²) in [6, 6.07) is 0. The van der Waals surface area contributed by atoms with E-state index in [4.69, 9.17) is 60.6 Å². The molecule has 8 N–H and O–H groups in total. The van der Waals surface area contributed by atoms with E-state index in [-0.39, 0.29) is 21.1 Å². The second-order valence-corrected chi connectivity index (χ2v) is 36.0. The molecule has 10 heteroatoms. The van der Waals surface area contributed by atoms with Crippen molar-refractivity contribution in [2.45, 2.75) is 186 Å². The largest absolute Gasteiger partial charge is 2.00 e. The molecule has 0 saturated carbocycles. The summed E-state index contributed by atoms with van der Waals surface area (Å²) in [5, 5.41) is 0. The van der Waals surface area contributed by atoms with Crippen molar-refractivity contribution in [1.82, 2.24) is 0 Å². The molecule has 0 fully saturated rings. The van der Waals surface area contributed by atoms with Gasteiger partial charge in [0.2, 0.25) is 0 Å². The predicted molar refractivity (Wildman–Crippen MR) is 230 cm³/mol. The second kappa shape index (κ2) is 47.5. The molecule has 0 aromatic heterocycles. The molecule has 0 bridgehead atoms. The quantitative estimate of drug-likeness (QED) is 0.0773.